The number of hydrogen-bond donors (Lipinski definition) is 0. The number of amides is 1. The Labute approximate surface area is 181 Å². The summed E-state index contributed by atoms with van der Waals surface area (Å²) in [6.07, 6.45) is 1.96. The minimum absolute atomic E-state index is 0.0669. The molecule has 1 fully saturated rings. The SMILES string of the molecule is Cc1cccc(-n2c(C)cc(/C=C3/SC(=S)N(c4ccccc4)C3=O)c2C)c1C. The summed E-state index contributed by atoms with van der Waals surface area (Å²) in [6.45, 7) is 8.47. The Morgan fingerprint density at radius 3 is 2.41 bits per heavy atom. The first kappa shape index (κ1) is 19.7. The summed E-state index contributed by atoms with van der Waals surface area (Å²) in [6, 6.07) is 18.0. The molecule has 0 bridgehead atoms. The number of hydrogen-bond acceptors (Lipinski definition) is 3. The van der Waals surface area contributed by atoms with Crippen LogP contribution >= 0.6 is 24.0 Å². The van der Waals surface area contributed by atoms with Crippen molar-refractivity contribution in [3.05, 3.63) is 87.6 Å². The highest BCUT2D eigenvalue weighted by molar-refractivity contribution is 8.27. The lowest BCUT2D eigenvalue weighted by Gasteiger charge is -2.14. The van der Waals surface area contributed by atoms with Crippen LogP contribution in [0.1, 0.15) is 28.1 Å². The number of carbonyl (C=O) groups excluding carboxylic acids is 1. The van der Waals surface area contributed by atoms with Crippen LogP contribution < -0.4 is 4.90 Å². The Kier molecular flexibility index (Phi) is 5.19. The zero-order valence-corrected chi connectivity index (χ0v) is 18.5. The van der Waals surface area contributed by atoms with Crippen molar-refractivity contribution in [2.45, 2.75) is 27.7 Å². The molecule has 3 aromatic rings. The van der Waals surface area contributed by atoms with Gasteiger partial charge in [-0.1, -0.05) is 54.3 Å². The van der Waals surface area contributed by atoms with Crippen molar-refractivity contribution in [1.29, 1.82) is 0 Å². The van der Waals surface area contributed by atoms with Gasteiger partial charge >= 0.3 is 0 Å². The third-order valence-electron chi connectivity index (χ3n) is 5.38. The van der Waals surface area contributed by atoms with Gasteiger partial charge in [0.2, 0.25) is 0 Å². The first-order valence-corrected chi connectivity index (χ1v) is 10.7. The molecule has 146 valence electrons. The molecule has 0 aliphatic carbocycles. The summed E-state index contributed by atoms with van der Waals surface area (Å²) in [5.41, 5.74) is 7.80. The maximum absolute atomic E-state index is 13.0. The van der Waals surface area contributed by atoms with Crippen LogP contribution in [0.4, 0.5) is 5.69 Å². The van der Waals surface area contributed by atoms with Crippen LogP contribution in [0.5, 0.6) is 0 Å². The quantitative estimate of drug-likeness (QED) is 0.379. The Hall–Kier alpha value is -2.63. The molecule has 0 spiro atoms. The number of thiocarbonyl (C=S) groups is 1. The molecule has 5 heteroatoms. The molecule has 1 amide bonds. The van der Waals surface area contributed by atoms with Crippen LogP contribution in [0, 0.1) is 27.7 Å². The van der Waals surface area contributed by atoms with Gasteiger partial charge in [-0.25, -0.2) is 0 Å². The van der Waals surface area contributed by atoms with E-state index in [4.69, 9.17) is 12.2 Å². The van der Waals surface area contributed by atoms with Gasteiger partial charge in [0.25, 0.3) is 5.91 Å². The molecule has 1 aromatic heterocycles. The van der Waals surface area contributed by atoms with Gasteiger partial charge in [-0.05, 0) is 74.7 Å². The average Bonchev–Trinajstić information content (AvgIpc) is 3.13. The molecule has 1 saturated heterocycles. The first-order valence-electron chi connectivity index (χ1n) is 9.47. The van der Waals surface area contributed by atoms with Crippen molar-refractivity contribution in [3.63, 3.8) is 0 Å². The lowest BCUT2D eigenvalue weighted by Crippen LogP contribution is -2.27. The van der Waals surface area contributed by atoms with Crippen LogP contribution in [-0.2, 0) is 4.79 Å². The van der Waals surface area contributed by atoms with Crippen molar-refractivity contribution >= 4 is 46.0 Å². The van der Waals surface area contributed by atoms with Gasteiger partial charge in [0, 0.05) is 17.1 Å². The zero-order chi connectivity index (χ0) is 20.7. The van der Waals surface area contributed by atoms with E-state index in [1.807, 2.05) is 36.4 Å². The molecule has 29 heavy (non-hydrogen) atoms. The number of thioether (sulfide) groups is 1. The lowest BCUT2D eigenvalue weighted by molar-refractivity contribution is -0.113. The van der Waals surface area contributed by atoms with Crippen LogP contribution in [0.25, 0.3) is 11.8 Å². The molecule has 0 N–H and O–H groups in total. The molecule has 1 aliphatic heterocycles. The average molecular weight is 419 g/mol. The van der Waals surface area contributed by atoms with Gasteiger partial charge in [-0.15, -0.1) is 0 Å². The standard InChI is InChI=1S/C24H22N2OS2/c1-15-9-8-12-21(17(15)3)25-16(2)13-19(18(25)4)14-22-23(27)26(24(28)29-22)20-10-6-5-7-11-20/h5-14H,1-4H3/b22-14+. The number of benzene rings is 2. The fraction of sp³-hybridized carbons (Fsp3) is 0.167. The number of carbonyl (C=O) groups is 1. The molecule has 0 atom stereocenters. The van der Waals surface area contributed by atoms with E-state index in [2.05, 4.69) is 56.5 Å². The van der Waals surface area contributed by atoms with Gasteiger partial charge in [0.1, 0.15) is 0 Å². The van der Waals surface area contributed by atoms with E-state index in [1.165, 1.54) is 28.6 Å². The second kappa shape index (κ2) is 7.65. The molecule has 1 aliphatic rings. The van der Waals surface area contributed by atoms with Gasteiger partial charge < -0.3 is 4.57 Å². The number of rotatable bonds is 3. The molecule has 2 aromatic carbocycles. The fourth-order valence-electron chi connectivity index (χ4n) is 3.69. The topological polar surface area (TPSA) is 25.2 Å². The molecule has 2 heterocycles. The normalized spacial score (nSPS) is 15.6. The third-order valence-corrected chi connectivity index (χ3v) is 6.68. The maximum Gasteiger partial charge on any atom is 0.270 e. The Morgan fingerprint density at radius 2 is 1.69 bits per heavy atom. The third kappa shape index (κ3) is 3.45. The van der Waals surface area contributed by atoms with Crippen molar-refractivity contribution in [1.82, 2.24) is 4.57 Å². The minimum atomic E-state index is -0.0669. The van der Waals surface area contributed by atoms with Gasteiger partial charge in [0.05, 0.1) is 10.6 Å². The molecule has 0 saturated carbocycles. The monoisotopic (exact) mass is 418 g/mol. The van der Waals surface area contributed by atoms with Gasteiger partial charge in [-0.3, -0.25) is 9.69 Å². The highest BCUT2D eigenvalue weighted by atomic mass is 32.2. The Bertz CT molecular complexity index is 1160. The zero-order valence-electron chi connectivity index (χ0n) is 16.9. The van der Waals surface area contributed by atoms with E-state index in [1.54, 1.807) is 4.90 Å². The van der Waals surface area contributed by atoms with E-state index < -0.39 is 0 Å². The van der Waals surface area contributed by atoms with Crippen molar-refractivity contribution < 1.29 is 4.79 Å². The number of nitrogens with zero attached hydrogens (tertiary/aromatic N) is 2. The van der Waals surface area contributed by atoms with Crippen LogP contribution in [0.2, 0.25) is 0 Å². The molecule has 3 nitrogen and oxygen atoms in total. The second-order valence-electron chi connectivity index (χ2n) is 7.23. The molecule has 0 unspecified atom stereocenters. The lowest BCUT2D eigenvalue weighted by atomic mass is 10.1. The Balaban J connectivity index is 1.74. The van der Waals surface area contributed by atoms with Crippen LogP contribution in [0.3, 0.4) is 0 Å². The number of para-hydroxylation sites is 1. The molecule has 0 radical (unpaired) electrons. The summed E-state index contributed by atoms with van der Waals surface area (Å²) in [5, 5.41) is 0. The Morgan fingerprint density at radius 1 is 0.966 bits per heavy atom. The van der Waals surface area contributed by atoms with Crippen LogP contribution in [0.15, 0.2) is 59.5 Å². The molecule has 4 rings (SSSR count). The van der Waals surface area contributed by atoms with Crippen LogP contribution in [-0.4, -0.2) is 14.8 Å². The number of aromatic nitrogens is 1. The summed E-state index contributed by atoms with van der Waals surface area (Å²) < 4.78 is 2.82. The molecular weight excluding hydrogens is 396 g/mol. The predicted molar refractivity (Wildman–Crippen MR) is 127 cm³/mol. The molecular formula is C24H22N2OS2. The highest BCUT2D eigenvalue weighted by Crippen LogP contribution is 2.37. The summed E-state index contributed by atoms with van der Waals surface area (Å²) >= 11 is 6.84. The maximum atomic E-state index is 13.0. The van der Waals surface area contributed by atoms with Gasteiger partial charge in [0.15, 0.2) is 4.32 Å². The minimum Gasteiger partial charge on any atom is -0.318 e. The van der Waals surface area contributed by atoms with Crippen molar-refractivity contribution in [3.8, 4) is 5.69 Å². The van der Waals surface area contributed by atoms with E-state index >= 15 is 0 Å². The van der Waals surface area contributed by atoms with Crippen molar-refractivity contribution in [2.75, 3.05) is 4.90 Å². The van der Waals surface area contributed by atoms with E-state index in [9.17, 15) is 4.79 Å². The predicted octanol–water partition coefficient (Wildman–Crippen LogP) is 6.12. The number of anilines is 1. The van der Waals surface area contributed by atoms with E-state index in [0.29, 0.717) is 9.23 Å². The summed E-state index contributed by atoms with van der Waals surface area (Å²) in [5.74, 6) is -0.0669. The summed E-state index contributed by atoms with van der Waals surface area (Å²) in [4.78, 5) is 15.3. The van der Waals surface area contributed by atoms with E-state index in [-0.39, 0.29) is 5.91 Å². The van der Waals surface area contributed by atoms with Gasteiger partial charge in [-0.2, -0.15) is 0 Å². The fourth-order valence-corrected chi connectivity index (χ4v) is 4.98. The highest BCUT2D eigenvalue weighted by Gasteiger charge is 2.33. The first-order chi connectivity index (χ1) is 13.9. The van der Waals surface area contributed by atoms with E-state index in [0.717, 1.165) is 22.6 Å². The summed E-state index contributed by atoms with van der Waals surface area (Å²) in [7, 11) is 0. The van der Waals surface area contributed by atoms with Crippen molar-refractivity contribution in [2.24, 2.45) is 0 Å². The second-order valence-corrected chi connectivity index (χ2v) is 8.91. The largest absolute Gasteiger partial charge is 0.318 e. The number of aryl methyl sites for hydroxylation is 2. The smallest absolute Gasteiger partial charge is 0.270 e.